The van der Waals surface area contributed by atoms with Gasteiger partial charge in [-0.25, -0.2) is 0 Å². The summed E-state index contributed by atoms with van der Waals surface area (Å²) in [5.74, 6) is -0.993. The Morgan fingerprint density at radius 3 is 2.62 bits per heavy atom. The largest absolute Gasteiger partial charge is 0.494 e. The van der Waals surface area contributed by atoms with Gasteiger partial charge in [-0.15, -0.1) is 0 Å². The van der Waals surface area contributed by atoms with Crippen LogP contribution in [0.5, 0.6) is 5.75 Å². The normalized spacial score (nSPS) is 9.25. The summed E-state index contributed by atoms with van der Waals surface area (Å²) < 4.78 is 4.79. The molecule has 1 aromatic rings. The van der Waals surface area contributed by atoms with E-state index >= 15 is 0 Å². The van der Waals surface area contributed by atoms with Crippen molar-refractivity contribution in [3.63, 3.8) is 0 Å². The van der Waals surface area contributed by atoms with E-state index in [9.17, 15) is 14.9 Å². The Balaban J connectivity index is 3.60. The lowest BCUT2D eigenvalue weighted by Gasteiger charge is -2.07. The van der Waals surface area contributed by atoms with E-state index in [2.05, 4.69) is 0 Å². The van der Waals surface area contributed by atoms with E-state index in [0.29, 0.717) is 0 Å². The molecule has 2 N–H and O–H groups in total. The van der Waals surface area contributed by atoms with Gasteiger partial charge in [-0.2, -0.15) is 5.26 Å². The summed E-state index contributed by atoms with van der Waals surface area (Å²) >= 11 is 0. The Morgan fingerprint density at radius 1 is 1.62 bits per heavy atom. The van der Waals surface area contributed by atoms with E-state index in [1.165, 1.54) is 7.11 Å². The molecular formula is C9H7N3O4. The van der Waals surface area contributed by atoms with Crippen molar-refractivity contribution in [1.29, 1.82) is 5.26 Å². The molecule has 16 heavy (non-hydrogen) atoms. The van der Waals surface area contributed by atoms with E-state index in [1.807, 2.05) is 0 Å². The number of methoxy groups -OCH3 is 1. The number of nitriles is 1. The number of rotatable bonds is 3. The monoisotopic (exact) mass is 221 g/mol. The highest BCUT2D eigenvalue weighted by Crippen LogP contribution is 2.30. The number of benzene rings is 1. The maximum atomic E-state index is 11.0. The average Bonchev–Trinajstić information content (AvgIpc) is 2.26. The highest BCUT2D eigenvalue weighted by Gasteiger charge is 2.23. The molecule has 0 spiro atoms. The van der Waals surface area contributed by atoms with Crippen molar-refractivity contribution < 1.29 is 14.5 Å². The van der Waals surface area contributed by atoms with Crippen LogP contribution in [0.4, 0.5) is 5.69 Å². The molecule has 0 heterocycles. The molecule has 1 aromatic carbocycles. The number of nitrogens with two attached hydrogens (primary N) is 1. The predicted molar refractivity (Wildman–Crippen MR) is 52.9 cm³/mol. The molecule has 0 aliphatic rings. The van der Waals surface area contributed by atoms with Gasteiger partial charge in [0, 0.05) is 6.07 Å². The van der Waals surface area contributed by atoms with Crippen LogP contribution in [0.1, 0.15) is 15.9 Å². The number of carbonyl (C=O) groups is 1. The van der Waals surface area contributed by atoms with Crippen molar-refractivity contribution in [2.75, 3.05) is 7.11 Å². The Kier molecular flexibility index (Phi) is 3.06. The molecule has 0 aliphatic heterocycles. The molecule has 0 bridgehead atoms. The molecule has 7 heteroatoms. The molecule has 0 saturated carbocycles. The fourth-order valence-corrected chi connectivity index (χ4v) is 1.24. The lowest BCUT2D eigenvalue weighted by atomic mass is 10.1. The number of carbonyl (C=O) groups excluding carboxylic acids is 1. The van der Waals surface area contributed by atoms with Crippen LogP contribution in [-0.2, 0) is 0 Å². The van der Waals surface area contributed by atoms with Crippen molar-refractivity contribution >= 4 is 11.6 Å². The smallest absolute Gasteiger partial charge is 0.290 e. The Bertz CT molecular complexity index is 504. The van der Waals surface area contributed by atoms with Crippen LogP contribution in [-0.4, -0.2) is 17.9 Å². The Morgan fingerprint density at radius 2 is 2.25 bits per heavy atom. The minimum absolute atomic E-state index is 0.0651. The van der Waals surface area contributed by atoms with E-state index in [0.717, 1.165) is 12.1 Å². The van der Waals surface area contributed by atoms with E-state index in [-0.39, 0.29) is 16.9 Å². The van der Waals surface area contributed by atoms with Crippen molar-refractivity contribution in [2.45, 2.75) is 0 Å². The molecule has 0 unspecified atom stereocenters. The molecule has 82 valence electrons. The third-order valence-electron chi connectivity index (χ3n) is 1.91. The first-order chi connectivity index (χ1) is 7.52. The first-order valence-corrected chi connectivity index (χ1v) is 4.08. The lowest BCUT2D eigenvalue weighted by Crippen LogP contribution is -2.13. The molecule has 0 saturated heterocycles. The minimum Gasteiger partial charge on any atom is -0.494 e. The van der Waals surface area contributed by atoms with Crippen LogP contribution in [0.2, 0.25) is 0 Å². The second-order valence-corrected chi connectivity index (χ2v) is 2.77. The maximum absolute atomic E-state index is 11.0. The van der Waals surface area contributed by atoms with Crippen molar-refractivity contribution in [2.24, 2.45) is 5.73 Å². The van der Waals surface area contributed by atoms with Crippen LogP contribution in [0.3, 0.4) is 0 Å². The number of nitro groups is 1. The number of amides is 1. The van der Waals surface area contributed by atoms with Gasteiger partial charge in [0.25, 0.3) is 11.6 Å². The summed E-state index contributed by atoms with van der Waals surface area (Å²) in [5.41, 5.74) is 4.23. The zero-order valence-electron chi connectivity index (χ0n) is 8.26. The maximum Gasteiger partial charge on any atom is 0.290 e. The van der Waals surface area contributed by atoms with Crippen LogP contribution in [0.15, 0.2) is 12.1 Å². The summed E-state index contributed by atoms with van der Waals surface area (Å²) in [7, 11) is 1.20. The molecule has 0 fully saturated rings. The van der Waals surface area contributed by atoms with Gasteiger partial charge < -0.3 is 10.5 Å². The molecule has 0 aliphatic carbocycles. The van der Waals surface area contributed by atoms with Gasteiger partial charge in [-0.05, 0) is 6.07 Å². The van der Waals surface area contributed by atoms with Crippen molar-refractivity contribution in [3.05, 3.63) is 33.4 Å². The molecule has 7 nitrogen and oxygen atoms in total. The molecular weight excluding hydrogens is 214 g/mol. The zero-order valence-corrected chi connectivity index (χ0v) is 8.26. The van der Waals surface area contributed by atoms with Gasteiger partial charge in [0.2, 0.25) is 0 Å². The van der Waals surface area contributed by atoms with Gasteiger partial charge >= 0.3 is 0 Å². The number of hydrogen-bond donors (Lipinski definition) is 1. The Labute approximate surface area is 90.2 Å². The fraction of sp³-hybridized carbons (Fsp3) is 0.111. The quantitative estimate of drug-likeness (QED) is 0.591. The summed E-state index contributed by atoms with van der Waals surface area (Å²) in [4.78, 5) is 20.9. The third kappa shape index (κ3) is 1.76. The topological polar surface area (TPSA) is 119 Å². The number of primary amides is 1. The van der Waals surface area contributed by atoms with Gasteiger partial charge in [-0.1, -0.05) is 0 Å². The minimum atomic E-state index is -0.816. The number of nitro benzene ring substituents is 1. The van der Waals surface area contributed by atoms with Crippen LogP contribution in [0, 0.1) is 21.4 Å². The molecule has 0 aromatic heterocycles. The van der Waals surface area contributed by atoms with E-state index in [1.54, 1.807) is 6.07 Å². The number of hydrogen-bond acceptors (Lipinski definition) is 5. The summed E-state index contributed by atoms with van der Waals surface area (Å²) in [6.07, 6.45) is 0. The molecule has 1 rings (SSSR count). The highest BCUT2D eigenvalue weighted by molar-refractivity contribution is 5.97. The van der Waals surface area contributed by atoms with E-state index in [4.69, 9.17) is 15.7 Å². The van der Waals surface area contributed by atoms with E-state index < -0.39 is 16.5 Å². The van der Waals surface area contributed by atoms with Crippen LogP contribution >= 0.6 is 0 Å². The van der Waals surface area contributed by atoms with Gasteiger partial charge in [0.05, 0.1) is 17.6 Å². The van der Waals surface area contributed by atoms with Crippen LogP contribution < -0.4 is 10.5 Å². The first-order valence-electron chi connectivity index (χ1n) is 4.08. The second kappa shape index (κ2) is 4.27. The average molecular weight is 221 g/mol. The summed E-state index contributed by atoms with van der Waals surface area (Å²) in [6, 6.07) is 3.81. The lowest BCUT2D eigenvalue weighted by molar-refractivity contribution is -0.385. The summed E-state index contributed by atoms with van der Waals surface area (Å²) in [5, 5.41) is 19.4. The van der Waals surface area contributed by atoms with Crippen molar-refractivity contribution in [1.82, 2.24) is 0 Å². The zero-order chi connectivity index (χ0) is 12.3. The van der Waals surface area contributed by atoms with Gasteiger partial charge in [0.15, 0.2) is 11.3 Å². The SMILES string of the molecule is COc1c(C(N)=O)ccc([N+](=O)[O-])c1C#N. The predicted octanol–water partition coefficient (Wildman–Crippen LogP) is 0.574. The number of nitrogens with zero attached hydrogens (tertiary/aromatic N) is 2. The van der Waals surface area contributed by atoms with Gasteiger partial charge in [0.1, 0.15) is 6.07 Å². The fourth-order valence-electron chi connectivity index (χ4n) is 1.24. The second-order valence-electron chi connectivity index (χ2n) is 2.77. The molecule has 0 radical (unpaired) electrons. The third-order valence-corrected chi connectivity index (χ3v) is 1.91. The van der Waals surface area contributed by atoms with Crippen molar-refractivity contribution in [3.8, 4) is 11.8 Å². The standard InChI is InChI=1S/C9H7N3O4/c1-16-8-5(9(11)13)2-3-7(12(14)15)6(8)4-10/h2-3H,1H3,(H2,11,13). The molecule has 1 amide bonds. The highest BCUT2D eigenvalue weighted by atomic mass is 16.6. The first kappa shape index (κ1) is 11.5. The number of ether oxygens (including phenoxy) is 1. The van der Waals surface area contributed by atoms with Gasteiger partial charge in [-0.3, -0.25) is 14.9 Å². The van der Waals surface area contributed by atoms with Crippen LogP contribution in [0.25, 0.3) is 0 Å². The summed E-state index contributed by atoms with van der Waals surface area (Å²) in [6.45, 7) is 0. The Hall–Kier alpha value is -2.62. The molecule has 0 atom stereocenters.